The van der Waals surface area contributed by atoms with Crippen molar-refractivity contribution in [1.82, 2.24) is 5.43 Å². The van der Waals surface area contributed by atoms with Gasteiger partial charge in [-0.1, -0.05) is 18.6 Å². The van der Waals surface area contributed by atoms with Gasteiger partial charge in [0.2, 0.25) is 0 Å². The topological polar surface area (TPSA) is 24.4 Å². The van der Waals surface area contributed by atoms with Crippen LogP contribution in [0.1, 0.15) is 32.1 Å². The van der Waals surface area contributed by atoms with Crippen molar-refractivity contribution in [3.05, 3.63) is 0 Å². The van der Waals surface area contributed by atoms with Gasteiger partial charge in [0.05, 0.1) is 0 Å². The van der Waals surface area contributed by atoms with E-state index in [9.17, 15) is 0 Å². The van der Waals surface area contributed by atoms with E-state index in [4.69, 9.17) is 12.2 Å². The van der Waals surface area contributed by atoms with Crippen LogP contribution in [0.5, 0.6) is 0 Å². The standard InChI is InChI=1S/C7H12N2S2/c10-7(11)9-8-6-4-2-1-3-5-6/h1-5H2,(H2,9,10,11). The van der Waals surface area contributed by atoms with Gasteiger partial charge in [0.1, 0.15) is 0 Å². The van der Waals surface area contributed by atoms with E-state index in [-0.39, 0.29) is 0 Å². The van der Waals surface area contributed by atoms with Crippen molar-refractivity contribution in [2.45, 2.75) is 32.1 Å². The molecule has 0 heterocycles. The quantitative estimate of drug-likeness (QED) is 0.374. The van der Waals surface area contributed by atoms with Crippen LogP contribution in [-0.2, 0) is 0 Å². The Bertz CT molecular complexity index is 169. The lowest BCUT2D eigenvalue weighted by atomic mass is 9.99. The molecule has 0 unspecified atom stereocenters. The van der Waals surface area contributed by atoms with Gasteiger partial charge in [0.15, 0.2) is 4.32 Å². The summed E-state index contributed by atoms with van der Waals surface area (Å²) in [6.45, 7) is 0. The first-order valence-corrected chi connectivity index (χ1v) is 4.69. The molecule has 0 amide bonds. The van der Waals surface area contributed by atoms with Crippen molar-refractivity contribution < 1.29 is 0 Å². The molecule has 4 heteroatoms. The minimum Gasteiger partial charge on any atom is -0.263 e. The first-order valence-electron chi connectivity index (χ1n) is 3.83. The fourth-order valence-electron chi connectivity index (χ4n) is 1.20. The molecule has 0 saturated heterocycles. The number of hydrazone groups is 1. The van der Waals surface area contributed by atoms with E-state index in [2.05, 4.69) is 23.2 Å². The Labute approximate surface area is 77.9 Å². The molecule has 0 radical (unpaired) electrons. The molecule has 62 valence electrons. The van der Waals surface area contributed by atoms with E-state index >= 15 is 0 Å². The number of nitrogens with one attached hydrogen (secondary N) is 1. The van der Waals surface area contributed by atoms with Crippen molar-refractivity contribution in [3.8, 4) is 0 Å². The first kappa shape index (κ1) is 9.00. The van der Waals surface area contributed by atoms with Gasteiger partial charge in [-0.15, -0.1) is 12.6 Å². The lowest BCUT2D eigenvalue weighted by Gasteiger charge is -2.11. The molecule has 0 bridgehead atoms. The summed E-state index contributed by atoms with van der Waals surface area (Å²) in [5, 5.41) is 4.13. The average Bonchev–Trinajstić information content (AvgIpc) is 2.03. The summed E-state index contributed by atoms with van der Waals surface area (Å²) in [5.74, 6) is 0. The summed E-state index contributed by atoms with van der Waals surface area (Å²) in [7, 11) is 0. The van der Waals surface area contributed by atoms with Crippen LogP contribution in [0.4, 0.5) is 0 Å². The zero-order valence-electron chi connectivity index (χ0n) is 6.34. The minimum absolute atomic E-state index is 0.447. The molecule has 0 aromatic carbocycles. The summed E-state index contributed by atoms with van der Waals surface area (Å²) in [5.41, 5.74) is 3.93. The van der Waals surface area contributed by atoms with Gasteiger partial charge in [0, 0.05) is 5.71 Å². The zero-order valence-corrected chi connectivity index (χ0v) is 8.05. The van der Waals surface area contributed by atoms with E-state index in [1.165, 1.54) is 25.0 Å². The van der Waals surface area contributed by atoms with Gasteiger partial charge in [-0.05, 0) is 25.7 Å². The summed E-state index contributed by atoms with van der Waals surface area (Å²) in [6, 6.07) is 0. The normalized spacial score (nSPS) is 17.7. The van der Waals surface area contributed by atoms with Crippen LogP contribution in [0.3, 0.4) is 0 Å². The highest BCUT2D eigenvalue weighted by Crippen LogP contribution is 2.14. The molecule has 11 heavy (non-hydrogen) atoms. The number of thiol groups is 1. The second kappa shape index (κ2) is 4.72. The Hall–Kier alpha value is -0.0900. The largest absolute Gasteiger partial charge is 0.263 e. The monoisotopic (exact) mass is 188 g/mol. The van der Waals surface area contributed by atoms with E-state index in [0.29, 0.717) is 4.32 Å². The Balaban J connectivity index is 2.32. The molecule has 1 N–H and O–H groups in total. The van der Waals surface area contributed by atoms with Crippen molar-refractivity contribution >= 4 is 34.9 Å². The van der Waals surface area contributed by atoms with E-state index in [1.54, 1.807) is 0 Å². The fraction of sp³-hybridized carbons (Fsp3) is 0.714. The molecule has 0 aromatic heterocycles. The van der Waals surface area contributed by atoms with Crippen molar-refractivity contribution in [3.63, 3.8) is 0 Å². The number of thiocarbonyl (C=S) groups is 1. The van der Waals surface area contributed by atoms with Crippen LogP contribution in [0.15, 0.2) is 5.10 Å². The van der Waals surface area contributed by atoms with Gasteiger partial charge in [-0.2, -0.15) is 5.10 Å². The first-order chi connectivity index (χ1) is 5.29. The maximum atomic E-state index is 4.71. The summed E-state index contributed by atoms with van der Waals surface area (Å²) >= 11 is 8.62. The molecular formula is C7H12N2S2. The molecule has 2 nitrogen and oxygen atoms in total. The second-order valence-electron chi connectivity index (χ2n) is 2.66. The van der Waals surface area contributed by atoms with Crippen LogP contribution in [0.2, 0.25) is 0 Å². The highest BCUT2D eigenvalue weighted by molar-refractivity contribution is 8.11. The maximum Gasteiger partial charge on any atom is 0.150 e. The molecule has 1 rings (SSSR count). The molecule has 1 fully saturated rings. The van der Waals surface area contributed by atoms with Crippen molar-refractivity contribution in [2.75, 3.05) is 0 Å². The highest BCUT2D eigenvalue weighted by Gasteiger charge is 2.05. The van der Waals surface area contributed by atoms with Gasteiger partial charge < -0.3 is 0 Å². The maximum absolute atomic E-state index is 4.71. The summed E-state index contributed by atoms with van der Waals surface area (Å²) in [6.07, 6.45) is 6.09. The molecule has 1 aliphatic carbocycles. The lowest BCUT2D eigenvalue weighted by Crippen LogP contribution is -2.14. The molecule has 1 saturated carbocycles. The Kier molecular flexibility index (Phi) is 3.86. The fourth-order valence-corrected chi connectivity index (χ4v) is 1.29. The predicted molar refractivity (Wildman–Crippen MR) is 55.2 cm³/mol. The highest BCUT2D eigenvalue weighted by atomic mass is 32.1. The Morgan fingerprint density at radius 1 is 1.36 bits per heavy atom. The molecule has 0 aliphatic heterocycles. The smallest absolute Gasteiger partial charge is 0.150 e. The van der Waals surface area contributed by atoms with Crippen molar-refractivity contribution in [2.24, 2.45) is 5.10 Å². The molecule has 0 atom stereocenters. The van der Waals surface area contributed by atoms with E-state index in [0.717, 1.165) is 12.8 Å². The zero-order chi connectivity index (χ0) is 8.10. The summed E-state index contributed by atoms with van der Waals surface area (Å²) < 4.78 is 0.447. The van der Waals surface area contributed by atoms with Crippen LogP contribution in [0.25, 0.3) is 0 Å². The van der Waals surface area contributed by atoms with Crippen molar-refractivity contribution in [1.29, 1.82) is 0 Å². The van der Waals surface area contributed by atoms with Crippen LogP contribution >= 0.6 is 24.8 Å². The minimum atomic E-state index is 0.447. The van der Waals surface area contributed by atoms with Crippen LogP contribution < -0.4 is 5.43 Å². The predicted octanol–water partition coefficient (Wildman–Crippen LogP) is 2.11. The molecule has 1 aliphatic rings. The van der Waals surface area contributed by atoms with Gasteiger partial charge >= 0.3 is 0 Å². The molecule has 0 aromatic rings. The SMILES string of the molecule is S=C(S)NN=C1CCCCC1. The van der Waals surface area contributed by atoms with Gasteiger partial charge in [0.25, 0.3) is 0 Å². The van der Waals surface area contributed by atoms with E-state index in [1.807, 2.05) is 0 Å². The second-order valence-corrected chi connectivity index (χ2v) is 3.81. The number of rotatable bonds is 1. The van der Waals surface area contributed by atoms with Crippen LogP contribution in [-0.4, -0.2) is 10.0 Å². The number of hydrogen-bond acceptors (Lipinski definition) is 2. The summed E-state index contributed by atoms with van der Waals surface area (Å²) in [4.78, 5) is 0. The third-order valence-corrected chi connectivity index (χ3v) is 1.93. The number of nitrogens with zero attached hydrogens (tertiary/aromatic N) is 1. The molecule has 0 spiro atoms. The third-order valence-electron chi connectivity index (χ3n) is 1.74. The number of hydrogen-bond donors (Lipinski definition) is 2. The van der Waals surface area contributed by atoms with Gasteiger partial charge in [-0.25, -0.2) is 0 Å². The van der Waals surface area contributed by atoms with Gasteiger partial charge in [-0.3, -0.25) is 5.43 Å². The molecular weight excluding hydrogens is 176 g/mol. The lowest BCUT2D eigenvalue weighted by molar-refractivity contribution is 0.662. The Morgan fingerprint density at radius 2 is 2.00 bits per heavy atom. The Morgan fingerprint density at radius 3 is 2.55 bits per heavy atom. The average molecular weight is 188 g/mol. The third kappa shape index (κ3) is 3.72. The van der Waals surface area contributed by atoms with E-state index < -0.39 is 0 Å². The van der Waals surface area contributed by atoms with Crippen LogP contribution in [0, 0.1) is 0 Å².